The maximum Gasteiger partial charge on any atom is 0.244 e. The zero-order chi connectivity index (χ0) is 17.9. The van der Waals surface area contributed by atoms with Crippen molar-refractivity contribution in [2.75, 3.05) is 19.4 Å². The summed E-state index contributed by atoms with van der Waals surface area (Å²) in [5.74, 6) is 2.15. The van der Waals surface area contributed by atoms with Crippen LogP contribution in [0.2, 0.25) is 0 Å². The monoisotopic (exact) mass is 352 g/mol. The maximum atomic E-state index is 11.9. The highest BCUT2D eigenvalue weighted by Gasteiger charge is 2.02. The highest BCUT2D eigenvalue weighted by molar-refractivity contribution is 7.98. The molecule has 1 amide bonds. The topological polar surface area (TPSA) is 62.1 Å². The number of amides is 1. The summed E-state index contributed by atoms with van der Waals surface area (Å²) in [5, 5.41) is 11.9. The lowest BCUT2D eigenvalue weighted by atomic mass is 10.1. The van der Waals surface area contributed by atoms with Crippen molar-refractivity contribution < 1.29 is 9.53 Å². The summed E-state index contributed by atoms with van der Waals surface area (Å²) in [6.45, 7) is 0.578. The summed E-state index contributed by atoms with van der Waals surface area (Å²) >= 11 is 1.69. The van der Waals surface area contributed by atoms with Gasteiger partial charge in [-0.1, -0.05) is 36.4 Å². The van der Waals surface area contributed by atoms with E-state index in [9.17, 15) is 4.79 Å². The lowest BCUT2D eigenvalue weighted by Gasteiger charge is -2.05. The van der Waals surface area contributed by atoms with Gasteiger partial charge in [-0.05, 0) is 23.8 Å². The third kappa shape index (κ3) is 6.02. The number of thioether (sulfide) groups is 1. The van der Waals surface area contributed by atoms with E-state index in [1.807, 2.05) is 48.5 Å². The standard InChI is InChI=1S/C20H20N2O2S/c1-24-19-9-5-4-6-16(19)10-11-20(23)22-12-13-25-15-18-8-3-2-7-17(18)14-21/h2-11H,12-13,15H2,1H3,(H,22,23)/b11-10+. The minimum atomic E-state index is -0.135. The molecular formula is C20H20N2O2S. The first-order valence-corrected chi connectivity index (χ1v) is 9.04. The normalized spacial score (nSPS) is 10.4. The number of hydrogen-bond acceptors (Lipinski definition) is 4. The second kappa shape index (κ2) is 10.2. The van der Waals surface area contributed by atoms with Crippen LogP contribution in [0.1, 0.15) is 16.7 Å². The fourth-order valence-electron chi connectivity index (χ4n) is 2.21. The van der Waals surface area contributed by atoms with Crippen LogP contribution in [0, 0.1) is 11.3 Å². The molecule has 0 spiro atoms. The Hall–Kier alpha value is -2.71. The Balaban J connectivity index is 1.72. The van der Waals surface area contributed by atoms with Crippen molar-refractivity contribution in [3.63, 3.8) is 0 Å². The van der Waals surface area contributed by atoms with Gasteiger partial charge < -0.3 is 10.1 Å². The van der Waals surface area contributed by atoms with Crippen LogP contribution in [-0.2, 0) is 10.5 Å². The van der Waals surface area contributed by atoms with Gasteiger partial charge in [-0.15, -0.1) is 0 Å². The summed E-state index contributed by atoms with van der Waals surface area (Å²) in [5.41, 5.74) is 2.60. The van der Waals surface area contributed by atoms with Gasteiger partial charge in [-0.2, -0.15) is 17.0 Å². The van der Waals surface area contributed by atoms with E-state index in [1.165, 1.54) is 6.08 Å². The molecular weight excluding hydrogens is 332 g/mol. The van der Waals surface area contributed by atoms with Crippen molar-refractivity contribution in [2.45, 2.75) is 5.75 Å². The molecule has 0 bridgehead atoms. The van der Waals surface area contributed by atoms with Gasteiger partial charge in [0.25, 0.3) is 0 Å². The number of carbonyl (C=O) groups is 1. The van der Waals surface area contributed by atoms with Crippen LogP contribution >= 0.6 is 11.8 Å². The van der Waals surface area contributed by atoms with Gasteiger partial charge in [0.05, 0.1) is 18.7 Å². The Morgan fingerprint density at radius 2 is 2.00 bits per heavy atom. The molecule has 0 saturated carbocycles. The van der Waals surface area contributed by atoms with E-state index in [-0.39, 0.29) is 5.91 Å². The quantitative estimate of drug-likeness (QED) is 0.582. The van der Waals surface area contributed by atoms with Gasteiger partial charge in [0.1, 0.15) is 5.75 Å². The van der Waals surface area contributed by atoms with Gasteiger partial charge in [0.2, 0.25) is 5.91 Å². The molecule has 0 aliphatic heterocycles. The number of benzene rings is 2. The van der Waals surface area contributed by atoms with Crippen LogP contribution in [0.25, 0.3) is 6.08 Å². The predicted molar refractivity (Wildman–Crippen MR) is 102 cm³/mol. The third-order valence-electron chi connectivity index (χ3n) is 3.49. The van der Waals surface area contributed by atoms with E-state index in [4.69, 9.17) is 10.00 Å². The SMILES string of the molecule is COc1ccccc1/C=C/C(=O)NCCSCc1ccccc1C#N. The Morgan fingerprint density at radius 3 is 2.80 bits per heavy atom. The number of nitrogens with one attached hydrogen (secondary N) is 1. The van der Waals surface area contributed by atoms with Crippen LogP contribution in [0.5, 0.6) is 5.75 Å². The summed E-state index contributed by atoms with van der Waals surface area (Å²) in [6.07, 6.45) is 3.25. The van der Waals surface area contributed by atoms with Crippen LogP contribution in [-0.4, -0.2) is 25.3 Å². The Morgan fingerprint density at radius 1 is 1.24 bits per heavy atom. The molecule has 128 valence electrons. The van der Waals surface area contributed by atoms with Crippen molar-refractivity contribution in [3.05, 3.63) is 71.3 Å². The molecule has 0 saturated heterocycles. The molecule has 4 nitrogen and oxygen atoms in total. The number of carbonyl (C=O) groups excluding carboxylic acids is 1. The van der Waals surface area contributed by atoms with Crippen molar-refractivity contribution in [3.8, 4) is 11.8 Å². The number of nitrogens with zero attached hydrogens (tertiary/aromatic N) is 1. The van der Waals surface area contributed by atoms with Gasteiger partial charge in [0, 0.05) is 29.7 Å². The largest absolute Gasteiger partial charge is 0.496 e. The van der Waals surface area contributed by atoms with E-state index in [0.717, 1.165) is 28.4 Å². The molecule has 0 unspecified atom stereocenters. The first-order valence-electron chi connectivity index (χ1n) is 7.89. The Labute approximate surface area is 152 Å². The molecule has 2 aromatic rings. The summed E-state index contributed by atoms with van der Waals surface area (Å²) < 4.78 is 5.24. The number of nitriles is 1. The minimum absolute atomic E-state index is 0.135. The van der Waals surface area contributed by atoms with E-state index in [0.29, 0.717) is 12.1 Å². The first kappa shape index (κ1) is 18.6. The van der Waals surface area contributed by atoms with E-state index >= 15 is 0 Å². The van der Waals surface area contributed by atoms with Crippen LogP contribution in [0.15, 0.2) is 54.6 Å². The second-order valence-corrected chi connectivity index (χ2v) is 6.29. The molecule has 0 fully saturated rings. The maximum absolute atomic E-state index is 11.9. The molecule has 2 rings (SSSR count). The fraction of sp³-hybridized carbons (Fsp3) is 0.200. The second-order valence-electron chi connectivity index (χ2n) is 5.19. The summed E-state index contributed by atoms with van der Waals surface area (Å²) in [6, 6.07) is 17.3. The van der Waals surface area contributed by atoms with Crippen LogP contribution < -0.4 is 10.1 Å². The minimum Gasteiger partial charge on any atom is -0.496 e. The molecule has 0 aromatic heterocycles. The summed E-state index contributed by atoms with van der Waals surface area (Å²) in [7, 11) is 1.61. The smallest absolute Gasteiger partial charge is 0.244 e. The van der Waals surface area contributed by atoms with E-state index < -0.39 is 0 Å². The molecule has 0 aliphatic rings. The number of ether oxygens (including phenoxy) is 1. The average Bonchev–Trinajstić information content (AvgIpc) is 2.66. The molecule has 0 atom stereocenters. The predicted octanol–water partition coefficient (Wildman–Crippen LogP) is 3.63. The molecule has 25 heavy (non-hydrogen) atoms. The van der Waals surface area contributed by atoms with Crippen molar-refractivity contribution >= 4 is 23.7 Å². The van der Waals surface area contributed by atoms with Gasteiger partial charge in [-0.3, -0.25) is 4.79 Å². The lowest BCUT2D eigenvalue weighted by molar-refractivity contribution is -0.116. The number of para-hydroxylation sites is 1. The van der Waals surface area contributed by atoms with Gasteiger partial charge >= 0.3 is 0 Å². The number of rotatable bonds is 8. The van der Waals surface area contributed by atoms with Crippen molar-refractivity contribution in [1.29, 1.82) is 5.26 Å². The molecule has 0 aliphatic carbocycles. The van der Waals surface area contributed by atoms with Gasteiger partial charge in [-0.25, -0.2) is 0 Å². The zero-order valence-corrected chi connectivity index (χ0v) is 14.9. The van der Waals surface area contributed by atoms with E-state index in [2.05, 4.69) is 11.4 Å². The fourth-order valence-corrected chi connectivity index (χ4v) is 3.07. The van der Waals surface area contributed by atoms with Crippen molar-refractivity contribution in [1.82, 2.24) is 5.32 Å². The number of hydrogen-bond donors (Lipinski definition) is 1. The molecule has 1 N–H and O–H groups in total. The Bertz CT molecular complexity index is 781. The first-order chi connectivity index (χ1) is 12.2. The zero-order valence-electron chi connectivity index (χ0n) is 14.1. The lowest BCUT2D eigenvalue weighted by Crippen LogP contribution is -2.23. The average molecular weight is 352 g/mol. The van der Waals surface area contributed by atoms with Crippen molar-refractivity contribution in [2.24, 2.45) is 0 Å². The summed E-state index contributed by atoms with van der Waals surface area (Å²) in [4.78, 5) is 11.9. The molecule has 2 aromatic carbocycles. The van der Waals surface area contributed by atoms with Crippen LogP contribution in [0.4, 0.5) is 0 Å². The number of methoxy groups -OCH3 is 1. The molecule has 0 radical (unpaired) electrons. The van der Waals surface area contributed by atoms with E-state index in [1.54, 1.807) is 24.9 Å². The van der Waals surface area contributed by atoms with Crippen LogP contribution in [0.3, 0.4) is 0 Å². The molecule has 0 heterocycles. The third-order valence-corrected chi connectivity index (χ3v) is 4.50. The highest BCUT2D eigenvalue weighted by Crippen LogP contribution is 2.18. The molecule has 5 heteroatoms. The van der Waals surface area contributed by atoms with Gasteiger partial charge in [0.15, 0.2) is 0 Å². The highest BCUT2D eigenvalue weighted by atomic mass is 32.2. The Kier molecular flexibility index (Phi) is 7.61.